The second-order valence-electron chi connectivity index (χ2n) is 7.23. The summed E-state index contributed by atoms with van der Waals surface area (Å²) in [6.07, 6.45) is 0. The maximum absolute atomic E-state index is 12.9. The van der Waals surface area contributed by atoms with Crippen molar-refractivity contribution in [1.82, 2.24) is 4.90 Å². The van der Waals surface area contributed by atoms with Gasteiger partial charge in [-0.05, 0) is 45.3 Å². The summed E-state index contributed by atoms with van der Waals surface area (Å²) in [7, 11) is -0.578. The lowest BCUT2D eigenvalue weighted by Gasteiger charge is -2.38. The van der Waals surface area contributed by atoms with Crippen LogP contribution in [0.25, 0.3) is 0 Å². The van der Waals surface area contributed by atoms with E-state index in [2.05, 4.69) is 0 Å². The topological polar surface area (TPSA) is 38.8 Å². The minimum Gasteiger partial charge on any atom is -0.399 e. The van der Waals surface area contributed by atoms with Gasteiger partial charge in [0.1, 0.15) is 0 Å². The van der Waals surface area contributed by atoms with Crippen LogP contribution in [0.5, 0.6) is 0 Å². The van der Waals surface area contributed by atoms with Crippen molar-refractivity contribution in [2.24, 2.45) is 0 Å². The van der Waals surface area contributed by atoms with Crippen LogP contribution in [0.1, 0.15) is 38.1 Å². The Morgan fingerprint density at radius 2 is 1.70 bits per heavy atom. The highest BCUT2D eigenvalue weighted by Crippen LogP contribution is 2.36. The van der Waals surface area contributed by atoms with Gasteiger partial charge in [0, 0.05) is 5.56 Å². The van der Waals surface area contributed by atoms with E-state index < -0.39 is 43.2 Å². The van der Waals surface area contributed by atoms with Crippen molar-refractivity contribution in [2.75, 3.05) is 13.1 Å². The molecule has 0 bridgehead atoms. The molecule has 0 N–H and O–H groups in total. The standard InChI is InChI=1S/C16H20BF2NO3/c1-14(2)15(3,4)23-17(22-14)12-7-5-6-11(8-12)13(21)20-9-16(18,19)10-20/h5-8H,9-10H2,1-4H3. The molecule has 0 unspecified atom stereocenters. The van der Waals surface area contributed by atoms with Gasteiger partial charge in [-0.25, -0.2) is 8.78 Å². The van der Waals surface area contributed by atoms with Crippen LogP contribution in [0.4, 0.5) is 8.78 Å². The summed E-state index contributed by atoms with van der Waals surface area (Å²) in [5.74, 6) is -3.16. The number of likely N-dealkylation sites (tertiary alicyclic amines) is 1. The molecule has 2 saturated heterocycles. The molecule has 0 spiro atoms. The Labute approximate surface area is 134 Å². The molecule has 2 aliphatic rings. The van der Waals surface area contributed by atoms with E-state index >= 15 is 0 Å². The average Bonchev–Trinajstić information content (AvgIpc) is 2.64. The smallest absolute Gasteiger partial charge is 0.399 e. The Morgan fingerprint density at radius 1 is 1.13 bits per heavy atom. The van der Waals surface area contributed by atoms with E-state index in [1.54, 1.807) is 18.2 Å². The third kappa shape index (κ3) is 2.88. The molecule has 1 aromatic carbocycles. The maximum atomic E-state index is 12.9. The molecule has 0 saturated carbocycles. The van der Waals surface area contributed by atoms with Crippen LogP contribution in [0, 0.1) is 0 Å². The van der Waals surface area contributed by atoms with E-state index in [9.17, 15) is 13.6 Å². The lowest BCUT2D eigenvalue weighted by molar-refractivity contribution is -0.113. The number of alkyl halides is 2. The van der Waals surface area contributed by atoms with E-state index in [1.165, 1.54) is 0 Å². The fraction of sp³-hybridized carbons (Fsp3) is 0.562. The molecule has 3 rings (SSSR count). The summed E-state index contributed by atoms with van der Waals surface area (Å²) in [6.45, 7) is 6.75. The molecule has 124 valence electrons. The SMILES string of the molecule is CC1(C)OB(c2cccc(C(=O)N3CC(F)(F)C3)c2)OC1(C)C. The number of carbonyl (C=O) groups excluding carboxylic acids is 1. The van der Waals surface area contributed by atoms with Crippen molar-refractivity contribution in [3.63, 3.8) is 0 Å². The van der Waals surface area contributed by atoms with Crippen molar-refractivity contribution in [1.29, 1.82) is 0 Å². The molecule has 0 radical (unpaired) electrons. The molecule has 7 heteroatoms. The minimum absolute atomic E-state index is 0.368. The summed E-state index contributed by atoms with van der Waals surface area (Å²) in [6, 6.07) is 6.80. The molecular weight excluding hydrogens is 303 g/mol. The summed E-state index contributed by atoms with van der Waals surface area (Å²) < 4.78 is 37.8. The predicted molar refractivity (Wildman–Crippen MR) is 83.0 cm³/mol. The summed E-state index contributed by atoms with van der Waals surface area (Å²) >= 11 is 0. The first-order valence-electron chi connectivity index (χ1n) is 7.63. The first-order valence-corrected chi connectivity index (χ1v) is 7.63. The number of nitrogens with zero attached hydrogens (tertiary/aromatic N) is 1. The van der Waals surface area contributed by atoms with Crippen LogP contribution in [-0.4, -0.2) is 48.1 Å². The first kappa shape index (κ1) is 16.4. The van der Waals surface area contributed by atoms with Gasteiger partial charge in [0.15, 0.2) is 0 Å². The van der Waals surface area contributed by atoms with Gasteiger partial charge in [0.05, 0.1) is 24.3 Å². The lowest BCUT2D eigenvalue weighted by Crippen LogP contribution is -2.58. The van der Waals surface area contributed by atoms with E-state index in [-0.39, 0.29) is 0 Å². The van der Waals surface area contributed by atoms with Crippen LogP contribution in [0.3, 0.4) is 0 Å². The zero-order chi connectivity index (χ0) is 17.0. The van der Waals surface area contributed by atoms with Crippen LogP contribution in [0.2, 0.25) is 0 Å². The molecule has 0 aliphatic carbocycles. The van der Waals surface area contributed by atoms with Gasteiger partial charge in [-0.3, -0.25) is 4.79 Å². The summed E-state index contributed by atoms with van der Waals surface area (Å²) in [5, 5.41) is 0. The minimum atomic E-state index is -2.76. The molecule has 2 aliphatic heterocycles. The molecule has 0 aromatic heterocycles. The highest BCUT2D eigenvalue weighted by atomic mass is 19.3. The van der Waals surface area contributed by atoms with Gasteiger partial charge in [-0.1, -0.05) is 12.1 Å². The Hall–Kier alpha value is -1.47. The second-order valence-corrected chi connectivity index (χ2v) is 7.23. The predicted octanol–water partition coefficient (Wildman–Crippen LogP) is 2.08. The fourth-order valence-corrected chi connectivity index (χ4v) is 2.64. The molecular formula is C16H20BF2NO3. The van der Waals surface area contributed by atoms with Crippen molar-refractivity contribution < 1.29 is 22.9 Å². The van der Waals surface area contributed by atoms with E-state index in [0.717, 1.165) is 4.90 Å². The second kappa shape index (κ2) is 5.01. The molecule has 1 aromatic rings. The highest BCUT2D eigenvalue weighted by molar-refractivity contribution is 6.62. The van der Waals surface area contributed by atoms with E-state index in [0.29, 0.717) is 11.0 Å². The van der Waals surface area contributed by atoms with Crippen LogP contribution >= 0.6 is 0 Å². The first-order chi connectivity index (χ1) is 10.5. The summed E-state index contributed by atoms with van der Waals surface area (Å²) in [5.41, 5.74) is 0.128. The van der Waals surface area contributed by atoms with Gasteiger partial charge < -0.3 is 14.2 Å². The van der Waals surface area contributed by atoms with Crippen LogP contribution < -0.4 is 5.46 Å². The quantitative estimate of drug-likeness (QED) is 0.782. The third-order valence-corrected chi connectivity index (χ3v) is 4.79. The van der Waals surface area contributed by atoms with E-state index in [4.69, 9.17) is 9.31 Å². The lowest BCUT2D eigenvalue weighted by atomic mass is 9.78. The highest BCUT2D eigenvalue weighted by Gasteiger charge is 2.52. The number of benzene rings is 1. The zero-order valence-electron chi connectivity index (χ0n) is 13.7. The number of hydrogen-bond donors (Lipinski definition) is 0. The van der Waals surface area contributed by atoms with Crippen molar-refractivity contribution in [3.8, 4) is 0 Å². The Morgan fingerprint density at radius 3 is 2.22 bits per heavy atom. The van der Waals surface area contributed by atoms with Crippen molar-refractivity contribution in [3.05, 3.63) is 29.8 Å². The Balaban J connectivity index is 1.78. The molecule has 23 heavy (non-hydrogen) atoms. The maximum Gasteiger partial charge on any atom is 0.494 e. The summed E-state index contributed by atoms with van der Waals surface area (Å²) in [4.78, 5) is 13.4. The van der Waals surface area contributed by atoms with Gasteiger partial charge in [0.25, 0.3) is 11.8 Å². The number of halogens is 2. The Bertz CT molecular complexity index is 624. The molecule has 2 heterocycles. The van der Waals surface area contributed by atoms with Crippen molar-refractivity contribution >= 4 is 18.5 Å². The van der Waals surface area contributed by atoms with Gasteiger partial charge >= 0.3 is 7.12 Å². The molecule has 1 amide bonds. The normalized spacial score (nSPS) is 24.4. The number of rotatable bonds is 2. The number of amides is 1. The average molecular weight is 323 g/mol. The van der Waals surface area contributed by atoms with E-state index in [1.807, 2.05) is 33.8 Å². The molecule has 2 fully saturated rings. The number of carbonyl (C=O) groups is 1. The third-order valence-electron chi connectivity index (χ3n) is 4.79. The van der Waals surface area contributed by atoms with Crippen LogP contribution in [0.15, 0.2) is 24.3 Å². The van der Waals surface area contributed by atoms with Gasteiger partial charge in [-0.2, -0.15) is 0 Å². The monoisotopic (exact) mass is 323 g/mol. The number of hydrogen-bond acceptors (Lipinski definition) is 3. The Kier molecular flexibility index (Phi) is 3.57. The van der Waals surface area contributed by atoms with Gasteiger partial charge in [0.2, 0.25) is 0 Å². The molecule has 4 nitrogen and oxygen atoms in total. The zero-order valence-corrected chi connectivity index (χ0v) is 13.7. The fourth-order valence-electron chi connectivity index (χ4n) is 2.64. The van der Waals surface area contributed by atoms with Crippen LogP contribution in [-0.2, 0) is 9.31 Å². The van der Waals surface area contributed by atoms with Gasteiger partial charge in [-0.15, -0.1) is 0 Å². The largest absolute Gasteiger partial charge is 0.494 e. The van der Waals surface area contributed by atoms with Crippen molar-refractivity contribution in [2.45, 2.75) is 44.8 Å². The molecule has 0 atom stereocenters.